The average Bonchev–Trinajstić information content (AvgIpc) is 3.57. The maximum atomic E-state index is 14.7. The number of rotatable bonds is 12. The first kappa shape index (κ1) is 35.7. The molecule has 7 nitrogen and oxygen atoms in total. The van der Waals surface area contributed by atoms with Gasteiger partial charge in [0.25, 0.3) is 10.0 Å². The van der Waals surface area contributed by atoms with Crippen molar-refractivity contribution in [3.05, 3.63) is 128 Å². The first-order valence-electron chi connectivity index (χ1n) is 15.9. The molecule has 2 amide bonds. The highest BCUT2D eigenvalue weighted by molar-refractivity contribution is 7.92. The Hall–Kier alpha value is -3.56. The maximum Gasteiger partial charge on any atom is 0.264 e. The summed E-state index contributed by atoms with van der Waals surface area (Å²) in [4.78, 5) is 30.4. The largest absolute Gasteiger partial charge is 0.352 e. The molecule has 11 heteroatoms. The molecule has 0 spiro atoms. The van der Waals surface area contributed by atoms with Crippen LogP contribution in [0.1, 0.15) is 47.9 Å². The summed E-state index contributed by atoms with van der Waals surface area (Å²) in [5.41, 5.74) is 3.16. The second-order valence-corrected chi connectivity index (χ2v) is 15.4. The summed E-state index contributed by atoms with van der Waals surface area (Å²) < 4.78 is 29.8. The zero-order chi connectivity index (χ0) is 34.4. The number of anilines is 1. The molecule has 48 heavy (non-hydrogen) atoms. The Morgan fingerprint density at radius 3 is 2.17 bits per heavy atom. The molecule has 0 aromatic heterocycles. The van der Waals surface area contributed by atoms with E-state index in [0.717, 1.165) is 41.1 Å². The number of carbonyl (C=O) groups excluding carboxylic acids is 2. The minimum atomic E-state index is -4.27. The molecule has 4 aromatic rings. The van der Waals surface area contributed by atoms with Gasteiger partial charge in [0, 0.05) is 34.1 Å². The molecule has 1 atom stereocenters. The molecule has 0 unspecified atom stereocenters. The van der Waals surface area contributed by atoms with E-state index in [-0.39, 0.29) is 35.5 Å². The van der Waals surface area contributed by atoms with Crippen LogP contribution in [-0.4, -0.2) is 43.8 Å². The lowest BCUT2D eigenvalue weighted by Gasteiger charge is -2.35. The van der Waals surface area contributed by atoms with E-state index in [0.29, 0.717) is 26.2 Å². The molecule has 0 aliphatic heterocycles. The molecule has 5 rings (SSSR count). The van der Waals surface area contributed by atoms with Crippen molar-refractivity contribution < 1.29 is 18.0 Å². The third kappa shape index (κ3) is 8.72. The van der Waals surface area contributed by atoms with Gasteiger partial charge in [-0.15, -0.1) is 0 Å². The van der Waals surface area contributed by atoms with Gasteiger partial charge >= 0.3 is 0 Å². The van der Waals surface area contributed by atoms with Crippen LogP contribution in [0.5, 0.6) is 0 Å². The molecule has 1 N–H and O–H groups in total. The number of hydrogen-bond acceptors (Lipinski definition) is 4. The van der Waals surface area contributed by atoms with Crippen LogP contribution in [0.2, 0.25) is 15.1 Å². The van der Waals surface area contributed by atoms with Crippen molar-refractivity contribution in [3.63, 3.8) is 0 Å². The predicted octanol–water partition coefficient (Wildman–Crippen LogP) is 8.16. The molecule has 0 heterocycles. The van der Waals surface area contributed by atoms with Crippen LogP contribution in [0.15, 0.2) is 95.9 Å². The van der Waals surface area contributed by atoms with Gasteiger partial charge in [-0.1, -0.05) is 108 Å². The number of amides is 2. The van der Waals surface area contributed by atoms with Gasteiger partial charge in [-0.2, -0.15) is 0 Å². The highest BCUT2D eigenvalue weighted by atomic mass is 35.5. The summed E-state index contributed by atoms with van der Waals surface area (Å²) in [6.07, 6.45) is 3.95. The Kier molecular flexibility index (Phi) is 11.7. The number of carbonyl (C=O) groups is 2. The molecule has 252 valence electrons. The topological polar surface area (TPSA) is 86.8 Å². The summed E-state index contributed by atoms with van der Waals surface area (Å²) in [6.45, 7) is 2.97. The summed E-state index contributed by atoms with van der Waals surface area (Å²) in [5, 5.41) is 4.23. The molecule has 0 saturated heterocycles. The first-order valence-corrected chi connectivity index (χ1v) is 18.4. The third-order valence-corrected chi connectivity index (χ3v) is 11.3. The van der Waals surface area contributed by atoms with E-state index < -0.39 is 28.5 Å². The van der Waals surface area contributed by atoms with Gasteiger partial charge in [-0.05, 0) is 79.8 Å². The lowest BCUT2D eigenvalue weighted by atomic mass is 10.0. The van der Waals surface area contributed by atoms with Crippen molar-refractivity contribution in [1.82, 2.24) is 10.2 Å². The molecular weight excluding hydrogens is 689 g/mol. The Labute approximate surface area is 297 Å². The van der Waals surface area contributed by atoms with Gasteiger partial charge in [-0.25, -0.2) is 8.42 Å². The fraction of sp³-hybridized carbons (Fsp3) is 0.297. The van der Waals surface area contributed by atoms with Gasteiger partial charge < -0.3 is 10.2 Å². The van der Waals surface area contributed by atoms with Crippen molar-refractivity contribution in [1.29, 1.82) is 0 Å². The van der Waals surface area contributed by atoms with Crippen LogP contribution in [0.25, 0.3) is 0 Å². The fourth-order valence-electron chi connectivity index (χ4n) is 5.96. The highest BCUT2D eigenvalue weighted by Crippen LogP contribution is 2.31. The van der Waals surface area contributed by atoms with E-state index in [2.05, 4.69) is 5.32 Å². The van der Waals surface area contributed by atoms with Crippen molar-refractivity contribution in [2.45, 2.75) is 69.5 Å². The number of aryl methyl sites for hydroxylation is 2. The van der Waals surface area contributed by atoms with E-state index in [1.54, 1.807) is 49.4 Å². The van der Waals surface area contributed by atoms with Crippen molar-refractivity contribution in [3.8, 4) is 0 Å². The molecule has 1 aliphatic carbocycles. The number of nitrogens with one attached hydrogen (secondary N) is 1. The maximum absolute atomic E-state index is 14.7. The monoisotopic (exact) mass is 725 g/mol. The van der Waals surface area contributed by atoms with Crippen LogP contribution in [0.3, 0.4) is 0 Å². The van der Waals surface area contributed by atoms with Gasteiger partial charge in [0.15, 0.2) is 0 Å². The van der Waals surface area contributed by atoms with Gasteiger partial charge in [0.2, 0.25) is 11.8 Å². The third-order valence-electron chi connectivity index (χ3n) is 8.66. The number of hydrogen-bond donors (Lipinski definition) is 1. The van der Waals surface area contributed by atoms with Crippen molar-refractivity contribution in [2.24, 2.45) is 0 Å². The SMILES string of the molecule is Cc1ccc(S(=O)(=O)N(CC(=O)N(Cc2ccc(Cl)cc2Cl)[C@H](Cc2ccccc2)C(=O)NC2CCCC2)c2cc(Cl)ccc2C)cc1. The molecular formula is C37H38Cl3N3O4S. The predicted molar refractivity (Wildman–Crippen MR) is 193 cm³/mol. The normalized spacial score (nSPS) is 14.0. The number of sulfonamides is 1. The Balaban J connectivity index is 1.61. The first-order chi connectivity index (χ1) is 22.9. The number of nitrogens with zero attached hydrogens (tertiary/aromatic N) is 2. The summed E-state index contributed by atoms with van der Waals surface area (Å²) in [5.74, 6) is -0.894. The molecule has 1 fully saturated rings. The molecule has 4 aromatic carbocycles. The average molecular weight is 727 g/mol. The minimum Gasteiger partial charge on any atom is -0.352 e. The Morgan fingerprint density at radius 1 is 0.854 bits per heavy atom. The summed E-state index contributed by atoms with van der Waals surface area (Å²) >= 11 is 19.2. The zero-order valence-corrected chi connectivity index (χ0v) is 29.9. The number of halogens is 3. The van der Waals surface area contributed by atoms with E-state index in [9.17, 15) is 18.0 Å². The lowest BCUT2D eigenvalue weighted by Crippen LogP contribution is -2.54. The second-order valence-electron chi connectivity index (χ2n) is 12.2. The minimum absolute atomic E-state index is 0.000584. The van der Waals surface area contributed by atoms with E-state index in [1.165, 1.54) is 23.1 Å². The standard InChI is InChI=1S/C37H38Cl3N3O4S/c1-25-12-18-32(19-13-25)48(46,47)43(34-22-30(39)16-14-26(34)2)24-36(44)42(23-28-15-17-29(38)21-33(28)40)35(20-27-8-4-3-5-9-27)37(45)41-31-10-6-7-11-31/h3-5,8-9,12-19,21-22,31,35H,6-7,10-11,20,23-24H2,1-2H3,(H,41,45)/t35-/m1/s1. The molecule has 0 bridgehead atoms. The van der Waals surface area contributed by atoms with E-state index in [1.807, 2.05) is 37.3 Å². The van der Waals surface area contributed by atoms with Crippen LogP contribution >= 0.6 is 34.8 Å². The summed E-state index contributed by atoms with van der Waals surface area (Å²) in [7, 11) is -4.27. The molecule has 1 saturated carbocycles. The second kappa shape index (κ2) is 15.8. The van der Waals surface area contributed by atoms with Crippen LogP contribution in [0, 0.1) is 13.8 Å². The Morgan fingerprint density at radius 2 is 1.50 bits per heavy atom. The van der Waals surface area contributed by atoms with Crippen molar-refractivity contribution >= 4 is 62.3 Å². The van der Waals surface area contributed by atoms with E-state index in [4.69, 9.17) is 34.8 Å². The summed E-state index contributed by atoms with van der Waals surface area (Å²) in [6, 6.07) is 24.8. The smallest absolute Gasteiger partial charge is 0.264 e. The lowest BCUT2D eigenvalue weighted by molar-refractivity contribution is -0.140. The van der Waals surface area contributed by atoms with Crippen molar-refractivity contribution in [2.75, 3.05) is 10.8 Å². The van der Waals surface area contributed by atoms with Gasteiger partial charge in [0.05, 0.1) is 10.6 Å². The molecule has 1 aliphatic rings. The van der Waals surface area contributed by atoms with Crippen LogP contribution in [-0.2, 0) is 32.6 Å². The van der Waals surface area contributed by atoms with Gasteiger partial charge in [0.1, 0.15) is 12.6 Å². The van der Waals surface area contributed by atoms with Crippen LogP contribution in [0.4, 0.5) is 5.69 Å². The van der Waals surface area contributed by atoms with Crippen LogP contribution < -0.4 is 9.62 Å². The Bertz CT molecular complexity index is 1860. The van der Waals surface area contributed by atoms with E-state index >= 15 is 0 Å². The highest BCUT2D eigenvalue weighted by Gasteiger charge is 2.36. The van der Waals surface area contributed by atoms with Gasteiger partial charge in [-0.3, -0.25) is 13.9 Å². The number of benzene rings is 4. The quantitative estimate of drug-likeness (QED) is 0.160. The fourth-order valence-corrected chi connectivity index (χ4v) is 8.06. The molecule has 0 radical (unpaired) electrons. The zero-order valence-electron chi connectivity index (χ0n) is 26.8.